The van der Waals surface area contributed by atoms with Gasteiger partial charge in [0.25, 0.3) is 5.91 Å². The maximum Gasteiger partial charge on any atom is 0.254 e. The van der Waals surface area contributed by atoms with Crippen molar-refractivity contribution in [1.82, 2.24) is 9.80 Å². The summed E-state index contributed by atoms with van der Waals surface area (Å²) in [5.74, 6) is 1.36. The number of carbonyl (C=O) groups excluding carboxylic acids is 2. The van der Waals surface area contributed by atoms with Crippen LogP contribution in [0.5, 0.6) is 23.0 Å². The molecule has 8 heteroatoms. The summed E-state index contributed by atoms with van der Waals surface area (Å²) in [6.45, 7) is 3.23. The van der Waals surface area contributed by atoms with Crippen molar-refractivity contribution in [2.45, 2.75) is 12.8 Å². The van der Waals surface area contributed by atoms with E-state index in [9.17, 15) is 9.59 Å². The number of ether oxygens (including phenoxy) is 4. The molecule has 1 aliphatic rings. The molecule has 1 saturated heterocycles. The van der Waals surface area contributed by atoms with Crippen LogP contribution in [-0.2, 0) is 4.79 Å². The van der Waals surface area contributed by atoms with Gasteiger partial charge in [-0.05, 0) is 42.8 Å². The Kier molecular flexibility index (Phi) is 7.68. The molecule has 2 aromatic carbocycles. The van der Waals surface area contributed by atoms with E-state index >= 15 is 0 Å². The summed E-state index contributed by atoms with van der Waals surface area (Å²) >= 11 is 0. The molecule has 0 aromatic heterocycles. The molecule has 2 aromatic rings. The highest BCUT2D eigenvalue weighted by molar-refractivity contribution is 5.95. The number of carbonyl (C=O) groups is 2. The van der Waals surface area contributed by atoms with Crippen molar-refractivity contribution >= 4 is 11.8 Å². The van der Waals surface area contributed by atoms with Crippen LogP contribution in [0.25, 0.3) is 0 Å². The molecule has 0 N–H and O–H groups in total. The summed E-state index contributed by atoms with van der Waals surface area (Å²) in [5.41, 5.74) is 1.38. The van der Waals surface area contributed by atoms with Crippen LogP contribution < -0.4 is 18.9 Å². The van der Waals surface area contributed by atoms with Crippen LogP contribution in [0, 0.1) is 5.92 Å². The van der Waals surface area contributed by atoms with Crippen molar-refractivity contribution in [3.63, 3.8) is 0 Å². The predicted molar refractivity (Wildman–Crippen MR) is 125 cm³/mol. The smallest absolute Gasteiger partial charge is 0.254 e. The van der Waals surface area contributed by atoms with Gasteiger partial charge in [-0.1, -0.05) is 6.07 Å². The Morgan fingerprint density at radius 2 is 1.64 bits per heavy atom. The van der Waals surface area contributed by atoms with Gasteiger partial charge in [-0.3, -0.25) is 9.59 Å². The maximum absolute atomic E-state index is 13.3. The average Bonchev–Trinajstić information content (AvgIpc) is 3.31. The van der Waals surface area contributed by atoms with E-state index in [0.29, 0.717) is 48.2 Å². The van der Waals surface area contributed by atoms with Crippen LogP contribution in [-0.4, -0.2) is 76.7 Å². The van der Waals surface area contributed by atoms with Crippen LogP contribution in [0.2, 0.25) is 0 Å². The van der Waals surface area contributed by atoms with Crippen LogP contribution in [0.3, 0.4) is 0 Å². The van der Waals surface area contributed by atoms with Crippen molar-refractivity contribution in [3.8, 4) is 23.0 Å². The lowest BCUT2D eigenvalue weighted by molar-refractivity contribution is -0.133. The first-order valence-corrected chi connectivity index (χ1v) is 10.9. The molecule has 2 atom stereocenters. The highest BCUT2D eigenvalue weighted by atomic mass is 16.5. The fourth-order valence-corrected chi connectivity index (χ4v) is 4.25. The molecule has 0 radical (unpaired) electrons. The molecule has 0 unspecified atom stereocenters. The molecule has 1 fully saturated rings. The van der Waals surface area contributed by atoms with Gasteiger partial charge in [0.05, 0.1) is 34.4 Å². The lowest BCUT2D eigenvalue weighted by Crippen LogP contribution is -2.36. The number of rotatable bonds is 8. The largest absolute Gasteiger partial charge is 0.497 e. The Morgan fingerprint density at radius 3 is 2.18 bits per heavy atom. The lowest BCUT2D eigenvalue weighted by Gasteiger charge is -2.24. The lowest BCUT2D eigenvalue weighted by atomic mass is 9.87. The third kappa shape index (κ3) is 4.84. The molecular weight excluding hydrogens is 424 g/mol. The van der Waals surface area contributed by atoms with E-state index in [1.807, 2.05) is 19.1 Å². The van der Waals surface area contributed by atoms with E-state index in [1.165, 1.54) is 0 Å². The van der Waals surface area contributed by atoms with E-state index in [4.69, 9.17) is 18.9 Å². The molecule has 0 saturated carbocycles. The van der Waals surface area contributed by atoms with Crippen molar-refractivity contribution < 1.29 is 28.5 Å². The SMILES string of the molecule is CCN(C)C(=O)[C@H]1CN(C(=O)c2cccc(OC)c2)C[C@@H]1c1cc(OC)c(OC)c(OC)c1. The quantitative estimate of drug-likeness (QED) is 0.608. The van der Waals surface area contributed by atoms with E-state index < -0.39 is 5.92 Å². The summed E-state index contributed by atoms with van der Waals surface area (Å²) in [4.78, 5) is 30.0. The highest BCUT2D eigenvalue weighted by Gasteiger charge is 2.42. The molecule has 0 spiro atoms. The third-order valence-electron chi connectivity index (χ3n) is 6.21. The third-order valence-corrected chi connectivity index (χ3v) is 6.21. The number of methoxy groups -OCH3 is 4. The molecule has 33 heavy (non-hydrogen) atoms. The Hall–Kier alpha value is -3.42. The predicted octanol–water partition coefficient (Wildman–Crippen LogP) is 3.06. The van der Waals surface area contributed by atoms with E-state index in [1.54, 1.807) is 69.6 Å². The van der Waals surface area contributed by atoms with Crippen LogP contribution in [0.15, 0.2) is 36.4 Å². The fourth-order valence-electron chi connectivity index (χ4n) is 4.25. The fraction of sp³-hybridized carbons (Fsp3) is 0.440. The minimum Gasteiger partial charge on any atom is -0.497 e. The second-order valence-corrected chi connectivity index (χ2v) is 7.97. The Morgan fingerprint density at radius 1 is 0.970 bits per heavy atom. The first-order chi connectivity index (χ1) is 15.9. The van der Waals surface area contributed by atoms with Gasteiger partial charge >= 0.3 is 0 Å². The van der Waals surface area contributed by atoms with Gasteiger partial charge in [-0.15, -0.1) is 0 Å². The van der Waals surface area contributed by atoms with Gasteiger partial charge in [0, 0.05) is 38.2 Å². The van der Waals surface area contributed by atoms with E-state index in [2.05, 4.69) is 0 Å². The first-order valence-electron chi connectivity index (χ1n) is 10.9. The molecule has 1 aliphatic heterocycles. The zero-order valence-electron chi connectivity index (χ0n) is 20.1. The van der Waals surface area contributed by atoms with Crippen molar-refractivity contribution in [2.75, 3.05) is 55.1 Å². The summed E-state index contributed by atoms with van der Waals surface area (Å²) < 4.78 is 21.7. The first kappa shape index (κ1) is 24.2. The minimum absolute atomic E-state index is 0.00260. The molecule has 2 amide bonds. The van der Waals surface area contributed by atoms with Gasteiger partial charge in [0.15, 0.2) is 11.5 Å². The van der Waals surface area contributed by atoms with E-state index in [0.717, 1.165) is 5.56 Å². The number of likely N-dealkylation sites (tertiary alicyclic amines) is 1. The number of benzene rings is 2. The molecule has 0 bridgehead atoms. The number of hydrogen-bond donors (Lipinski definition) is 0. The van der Waals surface area contributed by atoms with Gasteiger partial charge < -0.3 is 28.7 Å². The normalized spacial score (nSPS) is 17.5. The second kappa shape index (κ2) is 10.5. The van der Waals surface area contributed by atoms with Crippen LogP contribution >= 0.6 is 0 Å². The van der Waals surface area contributed by atoms with Crippen molar-refractivity contribution in [3.05, 3.63) is 47.5 Å². The number of amides is 2. The zero-order chi connectivity index (χ0) is 24.1. The second-order valence-electron chi connectivity index (χ2n) is 7.97. The summed E-state index contributed by atoms with van der Waals surface area (Å²) in [6.07, 6.45) is 0. The number of hydrogen-bond acceptors (Lipinski definition) is 6. The highest BCUT2D eigenvalue weighted by Crippen LogP contribution is 2.43. The summed E-state index contributed by atoms with van der Waals surface area (Å²) in [5, 5.41) is 0. The summed E-state index contributed by atoms with van der Waals surface area (Å²) in [7, 11) is 8.01. The summed E-state index contributed by atoms with van der Waals surface area (Å²) in [6, 6.07) is 10.8. The standard InChI is InChI=1S/C25H32N2O6/c1-7-26(2)25(29)20-15-27(24(28)16-9-8-10-18(11-16)30-3)14-19(20)17-12-21(31-4)23(33-6)22(13-17)32-5/h8-13,19-20H,7,14-15H2,1-6H3/t19-,20+/m1/s1. The molecule has 1 heterocycles. The van der Waals surface area contributed by atoms with Crippen LogP contribution in [0.1, 0.15) is 28.8 Å². The number of nitrogens with zero attached hydrogens (tertiary/aromatic N) is 2. The monoisotopic (exact) mass is 456 g/mol. The molecular formula is C25H32N2O6. The topological polar surface area (TPSA) is 77.5 Å². The Bertz CT molecular complexity index is 983. The van der Waals surface area contributed by atoms with Crippen molar-refractivity contribution in [2.24, 2.45) is 5.92 Å². The van der Waals surface area contributed by atoms with Gasteiger partial charge in [0.2, 0.25) is 11.7 Å². The average molecular weight is 457 g/mol. The zero-order valence-corrected chi connectivity index (χ0v) is 20.1. The van der Waals surface area contributed by atoms with Crippen LogP contribution in [0.4, 0.5) is 0 Å². The van der Waals surface area contributed by atoms with Gasteiger partial charge in [-0.2, -0.15) is 0 Å². The van der Waals surface area contributed by atoms with Crippen molar-refractivity contribution in [1.29, 1.82) is 0 Å². The maximum atomic E-state index is 13.3. The van der Waals surface area contributed by atoms with Gasteiger partial charge in [0.1, 0.15) is 5.75 Å². The molecule has 0 aliphatic carbocycles. The Balaban J connectivity index is 2.01. The Labute approximate surface area is 195 Å². The minimum atomic E-state index is -0.396. The molecule has 3 rings (SSSR count). The molecule has 178 valence electrons. The molecule has 8 nitrogen and oxygen atoms in total. The van der Waals surface area contributed by atoms with E-state index in [-0.39, 0.29) is 17.7 Å². The van der Waals surface area contributed by atoms with Gasteiger partial charge in [-0.25, -0.2) is 0 Å².